The number of carbonyl (C=O) groups is 2. The predicted molar refractivity (Wildman–Crippen MR) is 138 cm³/mol. The Morgan fingerprint density at radius 2 is 1.58 bits per heavy atom. The molecule has 0 saturated carbocycles. The Balaban J connectivity index is 1.65. The van der Waals surface area contributed by atoms with Crippen LogP contribution in [0.1, 0.15) is 5.56 Å². The van der Waals surface area contributed by atoms with E-state index >= 15 is 0 Å². The van der Waals surface area contributed by atoms with Crippen molar-refractivity contribution in [2.75, 3.05) is 11.5 Å². The van der Waals surface area contributed by atoms with Crippen molar-refractivity contribution in [2.24, 2.45) is 4.99 Å². The minimum atomic E-state index is -1.04. The second kappa shape index (κ2) is 10.4. The fourth-order valence-electron chi connectivity index (χ4n) is 2.95. The van der Waals surface area contributed by atoms with Crippen LogP contribution in [0.3, 0.4) is 0 Å². The van der Waals surface area contributed by atoms with Gasteiger partial charge >= 0.3 is 5.97 Å². The number of aliphatic carboxylic acids is 1. The molecule has 0 aliphatic carbocycles. The van der Waals surface area contributed by atoms with Crippen molar-refractivity contribution < 1.29 is 19.4 Å². The number of hydrogen-bond acceptors (Lipinski definition) is 5. The van der Waals surface area contributed by atoms with Crippen molar-refractivity contribution >= 4 is 78.1 Å². The Morgan fingerprint density at radius 3 is 2.18 bits per heavy atom. The number of ether oxygens (including phenoxy) is 1. The molecule has 0 atom stereocenters. The molecule has 0 bridgehead atoms. The maximum absolute atomic E-state index is 13.3. The lowest BCUT2D eigenvalue weighted by molar-refractivity contribution is -0.139. The van der Waals surface area contributed by atoms with Crippen LogP contribution in [-0.2, 0) is 9.59 Å². The number of halogens is 2. The van der Waals surface area contributed by atoms with E-state index in [1.807, 2.05) is 48.5 Å². The highest BCUT2D eigenvalue weighted by molar-refractivity contribution is 9.10. The first-order chi connectivity index (χ1) is 15.9. The van der Waals surface area contributed by atoms with Gasteiger partial charge in [-0.1, -0.05) is 44.0 Å². The highest BCUT2D eigenvalue weighted by Crippen LogP contribution is 2.38. The topological polar surface area (TPSA) is 79.2 Å². The van der Waals surface area contributed by atoms with E-state index in [2.05, 4.69) is 31.9 Å². The highest BCUT2D eigenvalue weighted by Gasteiger charge is 2.34. The summed E-state index contributed by atoms with van der Waals surface area (Å²) in [4.78, 5) is 30.8. The first-order valence-corrected chi connectivity index (χ1v) is 12.1. The van der Waals surface area contributed by atoms with Gasteiger partial charge in [0.15, 0.2) is 11.8 Å². The number of carboxylic acids is 1. The molecule has 6 nitrogen and oxygen atoms in total. The van der Waals surface area contributed by atoms with Crippen LogP contribution in [-0.4, -0.2) is 28.8 Å². The van der Waals surface area contributed by atoms with E-state index in [1.165, 1.54) is 11.8 Å². The van der Waals surface area contributed by atoms with Crippen molar-refractivity contribution in [1.82, 2.24) is 0 Å². The average molecular weight is 588 g/mol. The molecule has 1 heterocycles. The summed E-state index contributed by atoms with van der Waals surface area (Å²) in [5.74, 6) is -0.775. The molecule has 1 N–H and O–H groups in total. The van der Waals surface area contributed by atoms with Gasteiger partial charge < -0.3 is 9.84 Å². The predicted octanol–water partition coefficient (Wildman–Crippen LogP) is 6.48. The fraction of sp³-hybridized carbons (Fsp3) is 0.0417. The second-order valence-corrected chi connectivity index (χ2v) is 9.69. The van der Waals surface area contributed by atoms with Gasteiger partial charge in [0.05, 0.1) is 16.3 Å². The van der Waals surface area contributed by atoms with Gasteiger partial charge in [-0.25, -0.2) is 9.79 Å². The van der Waals surface area contributed by atoms with E-state index in [-0.39, 0.29) is 5.91 Å². The molecular formula is C24H16Br2N2O4S. The maximum Gasteiger partial charge on any atom is 0.341 e. The number of benzene rings is 3. The minimum absolute atomic E-state index is 0.176. The van der Waals surface area contributed by atoms with Crippen LogP contribution < -0.4 is 9.64 Å². The minimum Gasteiger partial charge on any atom is -0.482 e. The van der Waals surface area contributed by atoms with Gasteiger partial charge in [-0.2, -0.15) is 0 Å². The number of amidine groups is 1. The Kier molecular flexibility index (Phi) is 7.32. The van der Waals surface area contributed by atoms with E-state index < -0.39 is 12.6 Å². The van der Waals surface area contributed by atoms with E-state index in [1.54, 1.807) is 35.2 Å². The van der Waals surface area contributed by atoms with Crippen molar-refractivity contribution in [3.63, 3.8) is 0 Å². The molecule has 1 amide bonds. The molecule has 0 unspecified atom stereocenters. The first kappa shape index (κ1) is 23.3. The van der Waals surface area contributed by atoms with Gasteiger partial charge in [-0.15, -0.1) is 0 Å². The summed E-state index contributed by atoms with van der Waals surface area (Å²) < 4.78 is 7.02. The monoisotopic (exact) mass is 586 g/mol. The maximum atomic E-state index is 13.3. The van der Waals surface area contributed by atoms with Crippen LogP contribution in [0.2, 0.25) is 0 Å². The van der Waals surface area contributed by atoms with E-state index in [0.29, 0.717) is 21.5 Å². The van der Waals surface area contributed by atoms with Crippen molar-refractivity contribution in [3.05, 3.63) is 92.2 Å². The molecule has 1 aliphatic heterocycles. The van der Waals surface area contributed by atoms with Gasteiger partial charge in [-0.05, 0) is 84.1 Å². The number of carboxylic acid groups (broad SMARTS) is 1. The van der Waals surface area contributed by atoms with Gasteiger partial charge in [0.2, 0.25) is 0 Å². The third-order valence-electron chi connectivity index (χ3n) is 4.48. The number of carbonyl (C=O) groups excluding carboxylic acids is 1. The molecule has 1 fully saturated rings. The molecular weight excluding hydrogens is 572 g/mol. The lowest BCUT2D eigenvalue weighted by Crippen LogP contribution is -2.28. The molecule has 166 valence electrons. The van der Waals surface area contributed by atoms with Crippen LogP contribution in [0.5, 0.6) is 5.75 Å². The van der Waals surface area contributed by atoms with Gasteiger partial charge in [-0.3, -0.25) is 9.69 Å². The molecule has 0 spiro atoms. The summed E-state index contributed by atoms with van der Waals surface area (Å²) in [5, 5.41) is 9.28. The summed E-state index contributed by atoms with van der Waals surface area (Å²) in [6.45, 7) is -0.410. The number of anilines is 1. The molecule has 1 saturated heterocycles. The number of amides is 1. The van der Waals surface area contributed by atoms with Crippen molar-refractivity contribution in [2.45, 2.75) is 0 Å². The number of aliphatic imine (C=N–C) groups is 1. The Labute approximate surface area is 211 Å². The summed E-state index contributed by atoms with van der Waals surface area (Å²) in [6.07, 6.45) is 1.78. The third-order valence-corrected chi connectivity index (χ3v) is 6.51. The largest absolute Gasteiger partial charge is 0.482 e. The second-order valence-electron chi connectivity index (χ2n) is 6.85. The number of rotatable bonds is 6. The first-order valence-electron chi connectivity index (χ1n) is 9.67. The zero-order valence-electron chi connectivity index (χ0n) is 16.9. The molecule has 33 heavy (non-hydrogen) atoms. The Hall–Kier alpha value is -2.88. The van der Waals surface area contributed by atoms with Crippen molar-refractivity contribution in [1.29, 1.82) is 0 Å². The molecule has 0 aromatic heterocycles. The highest BCUT2D eigenvalue weighted by atomic mass is 79.9. The molecule has 4 rings (SSSR count). The molecule has 3 aromatic rings. The van der Waals surface area contributed by atoms with Crippen LogP contribution in [0.25, 0.3) is 6.08 Å². The number of hydrogen-bond donors (Lipinski definition) is 1. The Morgan fingerprint density at radius 1 is 0.970 bits per heavy atom. The number of thioether (sulfide) groups is 1. The fourth-order valence-corrected chi connectivity index (χ4v) is 4.48. The van der Waals surface area contributed by atoms with Crippen LogP contribution in [0.4, 0.5) is 11.4 Å². The van der Waals surface area contributed by atoms with Crippen LogP contribution in [0.15, 0.2) is 91.6 Å². The normalized spacial score (nSPS) is 15.9. The molecule has 0 radical (unpaired) electrons. The molecule has 3 aromatic carbocycles. The summed E-state index contributed by atoms with van der Waals surface area (Å²) >= 11 is 8.14. The third kappa shape index (κ3) is 5.93. The lowest BCUT2D eigenvalue weighted by atomic mass is 10.2. The summed E-state index contributed by atoms with van der Waals surface area (Å²) in [6, 6.07) is 21.9. The van der Waals surface area contributed by atoms with Gasteiger partial charge in [0.1, 0.15) is 5.75 Å². The van der Waals surface area contributed by atoms with Crippen LogP contribution >= 0.6 is 43.6 Å². The summed E-state index contributed by atoms with van der Waals surface area (Å²) in [7, 11) is 0. The van der Waals surface area contributed by atoms with Crippen LogP contribution in [0, 0.1) is 0 Å². The lowest BCUT2D eigenvalue weighted by Gasteiger charge is -2.15. The average Bonchev–Trinajstić information content (AvgIpc) is 3.10. The number of nitrogens with zero attached hydrogens (tertiary/aromatic N) is 2. The quantitative estimate of drug-likeness (QED) is 0.334. The van der Waals surface area contributed by atoms with E-state index in [9.17, 15) is 9.59 Å². The smallest absolute Gasteiger partial charge is 0.341 e. The van der Waals surface area contributed by atoms with E-state index in [0.717, 1.165) is 20.2 Å². The van der Waals surface area contributed by atoms with Crippen molar-refractivity contribution in [3.8, 4) is 5.75 Å². The zero-order valence-corrected chi connectivity index (χ0v) is 20.9. The SMILES string of the molecule is O=C(O)COc1ccc(/C=C2/SC(=Nc3ccc(Br)cc3)N(c3ccc(Br)cc3)C2=O)cc1. The summed E-state index contributed by atoms with van der Waals surface area (Å²) in [5.41, 5.74) is 2.23. The molecule has 1 aliphatic rings. The van der Waals surface area contributed by atoms with Gasteiger partial charge in [0.25, 0.3) is 5.91 Å². The molecule has 9 heteroatoms. The zero-order chi connectivity index (χ0) is 23.4. The van der Waals surface area contributed by atoms with Gasteiger partial charge in [0, 0.05) is 8.95 Å². The van der Waals surface area contributed by atoms with E-state index in [4.69, 9.17) is 14.8 Å². The standard InChI is InChI=1S/C24H16Br2N2O4S/c25-16-3-7-18(8-4-16)27-24-28(19-9-5-17(26)6-10-19)23(31)21(33-24)13-15-1-11-20(12-2-15)32-14-22(29)30/h1-13H,14H2,(H,29,30)/b21-13+,27-24?. The Bertz CT molecular complexity index is 1240.